The number of nitrogens with zero attached hydrogens (tertiary/aromatic N) is 4. The van der Waals surface area contributed by atoms with Gasteiger partial charge in [-0.2, -0.15) is 0 Å². The number of hydrogen-bond acceptors (Lipinski definition) is 4. The molecule has 10 rings (SSSR count). The van der Waals surface area contributed by atoms with Crippen molar-refractivity contribution in [3.63, 3.8) is 0 Å². The molecule has 0 aliphatic heterocycles. The Kier molecular flexibility index (Phi) is 9.57. The van der Waals surface area contributed by atoms with Crippen LogP contribution < -0.4 is 0 Å². The molecule has 0 aliphatic carbocycles. The maximum atomic E-state index is 4.67. The van der Waals surface area contributed by atoms with Crippen LogP contribution in [0.1, 0.15) is 0 Å². The van der Waals surface area contributed by atoms with E-state index < -0.39 is 0 Å². The topological polar surface area (TPSA) is 51.6 Å². The fourth-order valence-electron chi connectivity index (χ4n) is 7.13. The number of benzene rings is 6. The van der Waals surface area contributed by atoms with E-state index in [1.54, 1.807) is 0 Å². The normalized spacial score (nSPS) is 10.9. The average Bonchev–Trinajstić information content (AvgIpc) is 3.24. The van der Waals surface area contributed by atoms with Gasteiger partial charge in [-0.25, -0.2) is 0 Å². The van der Waals surface area contributed by atoms with E-state index in [2.05, 4.69) is 166 Å². The monoisotopic (exact) mass is 766 g/mol. The smallest absolute Gasteiger partial charge is 0.254 e. The molecule has 53 heavy (non-hydrogen) atoms. The van der Waals surface area contributed by atoms with Crippen LogP contribution in [0.4, 0.5) is 0 Å². The van der Waals surface area contributed by atoms with Crippen LogP contribution >= 0.6 is 0 Å². The van der Waals surface area contributed by atoms with Crippen LogP contribution in [-0.2, 0) is 19.5 Å². The van der Waals surface area contributed by atoms with Crippen molar-refractivity contribution in [3.05, 3.63) is 195 Å². The molecule has 0 fully saturated rings. The van der Waals surface area contributed by atoms with Gasteiger partial charge in [-0.05, 0) is 68.8 Å². The Labute approximate surface area is 320 Å². The first-order valence-electron chi connectivity index (χ1n) is 17.4. The second-order valence-electron chi connectivity index (χ2n) is 12.6. The number of rotatable bonds is 4. The van der Waals surface area contributed by atoms with Gasteiger partial charge in [-0.15, -0.1) is 0 Å². The molecule has 0 radical (unpaired) electrons. The quantitative estimate of drug-likeness (QED) is 0.132. The fraction of sp³-hybridized carbons (Fsp3) is 0. The van der Waals surface area contributed by atoms with E-state index in [-0.39, 0.29) is 19.5 Å². The molecular formula is C48H32N4Ru+2. The summed E-state index contributed by atoms with van der Waals surface area (Å²) in [6.45, 7) is 0. The number of aromatic nitrogens is 4. The van der Waals surface area contributed by atoms with Gasteiger partial charge in [-0.3, -0.25) is 19.9 Å². The fourth-order valence-corrected chi connectivity index (χ4v) is 7.13. The zero-order chi connectivity index (χ0) is 34.7. The van der Waals surface area contributed by atoms with E-state index in [1.165, 1.54) is 44.5 Å². The largest absolute Gasteiger partial charge is 2.00 e. The Morgan fingerprint density at radius 2 is 0.434 bits per heavy atom. The summed E-state index contributed by atoms with van der Waals surface area (Å²) in [4.78, 5) is 18.7. The maximum Gasteiger partial charge on any atom is 2.00 e. The minimum Gasteiger partial charge on any atom is -0.254 e. The minimum absolute atomic E-state index is 0. The van der Waals surface area contributed by atoms with Crippen molar-refractivity contribution < 1.29 is 19.5 Å². The van der Waals surface area contributed by atoms with Gasteiger partial charge in [0.1, 0.15) is 0 Å². The van der Waals surface area contributed by atoms with Crippen molar-refractivity contribution in [2.24, 2.45) is 0 Å². The van der Waals surface area contributed by atoms with Gasteiger partial charge in [-0.1, -0.05) is 146 Å². The van der Waals surface area contributed by atoms with Gasteiger partial charge in [0.15, 0.2) is 0 Å². The van der Waals surface area contributed by atoms with Crippen LogP contribution in [0, 0.1) is 0 Å². The van der Waals surface area contributed by atoms with Gasteiger partial charge >= 0.3 is 19.5 Å². The van der Waals surface area contributed by atoms with E-state index in [4.69, 9.17) is 0 Å². The molecule has 4 aromatic heterocycles. The van der Waals surface area contributed by atoms with Crippen LogP contribution in [0.15, 0.2) is 195 Å². The van der Waals surface area contributed by atoms with Gasteiger partial charge in [0, 0.05) is 46.3 Å². The van der Waals surface area contributed by atoms with Gasteiger partial charge < -0.3 is 0 Å². The van der Waals surface area contributed by atoms with Crippen LogP contribution in [-0.4, -0.2) is 19.9 Å². The molecule has 4 heterocycles. The first-order chi connectivity index (χ1) is 25.8. The molecule has 0 spiro atoms. The Hall–Kier alpha value is -6.42. The summed E-state index contributed by atoms with van der Waals surface area (Å²) in [7, 11) is 0. The molecule has 10 aromatic rings. The molecule has 250 valence electrons. The van der Waals surface area contributed by atoms with E-state index in [0.29, 0.717) is 0 Å². The first kappa shape index (κ1) is 33.7. The molecule has 0 unspecified atom stereocenters. The van der Waals surface area contributed by atoms with E-state index in [9.17, 15) is 0 Å². The molecular weight excluding hydrogens is 734 g/mol. The molecule has 0 saturated carbocycles. The third-order valence-corrected chi connectivity index (χ3v) is 9.58. The van der Waals surface area contributed by atoms with Crippen LogP contribution in [0.3, 0.4) is 0 Å². The van der Waals surface area contributed by atoms with Crippen molar-refractivity contribution >= 4 is 43.6 Å². The van der Waals surface area contributed by atoms with Gasteiger partial charge in [0.25, 0.3) is 0 Å². The second-order valence-corrected chi connectivity index (χ2v) is 12.6. The molecule has 0 aliphatic rings. The van der Waals surface area contributed by atoms with Crippen molar-refractivity contribution in [2.45, 2.75) is 0 Å². The third-order valence-electron chi connectivity index (χ3n) is 9.58. The predicted molar refractivity (Wildman–Crippen MR) is 216 cm³/mol. The summed E-state index contributed by atoms with van der Waals surface area (Å²) in [5.41, 5.74) is 13.3. The first-order valence-corrected chi connectivity index (χ1v) is 17.4. The van der Waals surface area contributed by atoms with Crippen molar-refractivity contribution in [1.29, 1.82) is 0 Å². The minimum atomic E-state index is 0. The number of fused-ring (bicyclic) bond motifs is 6. The predicted octanol–water partition coefficient (Wildman–Crippen LogP) is 12.2. The van der Waals surface area contributed by atoms with Crippen molar-refractivity contribution in [3.8, 4) is 44.5 Å². The molecule has 0 saturated heterocycles. The van der Waals surface area contributed by atoms with Gasteiger partial charge in [0.2, 0.25) is 0 Å². The van der Waals surface area contributed by atoms with Crippen molar-refractivity contribution in [1.82, 2.24) is 19.9 Å². The summed E-state index contributed by atoms with van der Waals surface area (Å²) >= 11 is 0. The molecule has 0 amide bonds. The standard InChI is InChI=1S/2C24H16N2.Ru/c2*1-3-7-17(8-4-1)19-13-15-25-23-21(19)11-12-22-20(14-16-26-24(22)23)18-9-5-2-6-10-18;/h2*1-16H;/q;;+2. The second kappa shape index (κ2) is 15.1. The summed E-state index contributed by atoms with van der Waals surface area (Å²) < 4.78 is 0. The Morgan fingerprint density at radius 1 is 0.226 bits per heavy atom. The SMILES string of the molecule is [Ru+2].c1ccc(-c2ccnc3c2ccc2c(-c4ccccc4)ccnc23)cc1.c1ccc(-c2ccnc3c2ccc2c(-c4ccccc4)ccnc23)cc1. The zero-order valence-corrected chi connectivity index (χ0v) is 30.4. The van der Waals surface area contributed by atoms with E-state index in [1.807, 2.05) is 49.1 Å². The van der Waals surface area contributed by atoms with Gasteiger partial charge in [0.05, 0.1) is 22.1 Å². The summed E-state index contributed by atoms with van der Waals surface area (Å²) in [5.74, 6) is 0. The molecule has 0 N–H and O–H groups in total. The summed E-state index contributed by atoms with van der Waals surface area (Å²) in [5, 5.41) is 4.51. The molecule has 4 nitrogen and oxygen atoms in total. The maximum absolute atomic E-state index is 4.67. The summed E-state index contributed by atoms with van der Waals surface area (Å²) in [6.07, 6.45) is 7.50. The molecule has 0 atom stereocenters. The molecule has 6 aromatic carbocycles. The average molecular weight is 766 g/mol. The summed E-state index contributed by atoms with van der Waals surface area (Å²) in [6, 6.07) is 58.7. The molecule has 5 heteroatoms. The van der Waals surface area contributed by atoms with Crippen LogP contribution in [0.25, 0.3) is 88.1 Å². The zero-order valence-electron chi connectivity index (χ0n) is 28.6. The van der Waals surface area contributed by atoms with E-state index >= 15 is 0 Å². The Balaban J connectivity index is 0.000000148. The Bertz CT molecular complexity index is 2430. The number of hydrogen-bond donors (Lipinski definition) is 0. The number of pyridine rings is 4. The third kappa shape index (κ3) is 6.48. The van der Waals surface area contributed by atoms with Crippen LogP contribution in [0.2, 0.25) is 0 Å². The van der Waals surface area contributed by atoms with Crippen LogP contribution in [0.5, 0.6) is 0 Å². The Morgan fingerprint density at radius 3 is 0.642 bits per heavy atom. The van der Waals surface area contributed by atoms with E-state index in [0.717, 1.165) is 43.6 Å². The molecule has 0 bridgehead atoms. The van der Waals surface area contributed by atoms with Crippen molar-refractivity contribution in [2.75, 3.05) is 0 Å².